The van der Waals surface area contributed by atoms with Crippen LogP contribution in [0.15, 0.2) is 6.07 Å². The molecule has 0 aliphatic carbocycles. The molecular formula is C11H17N3O3. The number of aromatic nitrogens is 2. The second-order valence-electron chi connectivity index (χ2n) is 3.65. The number of nitrogens with zero attached hydrogens (tertiary/aromatic N) is 2. The van der Waals surface area contributed by atoms with Crippen molar-refractivity contribution in [2.75, 3.05) is 20.7 Å². The second-order valence-corrected chi connectivity index (χ2v) is 3.65. The molecule has 0 aliphatic rings. The van der Waals surface area contributed by atoms with Crippen LogP contribution in [0, 0.1) is 6.92 Å². The fourth-order valence-corrected chi connectivity index (χ4v) is 1.32. The lowest BCUT2D eigenvalue weighted by Gasteiger charge is -2.13. The molecule has 0 aliphatic heterocycles. The fraction of sp³-hybridized carbons (Fsp3) is 0.545. The predicted molar refractivity (Wildman–Crippen MR) is 62.1 cm³/mol. The number of ether oxygens (including phenoxy) is 2. The van der Waals surface area contributed by atoms with Crippen LogP contribution in [0.25, 0.3) is 0 Å². The molecule has 1 atom stereocenters. The number of rotatable bonds is 5. The van der Waals surface area contributed by atoms with Crippen molar-refractivity contribution >= 4 is 5.97 Å². The van der Waals surface area contributed by atoms with Gasteiger partial charge in [-0.25, -0.2) is 9.78 Å². The summed E-state index contributed by atoms with van der Waals surface area (Å²) in [6, 6.07) is 1.68. The van der Waals surface area contributed by atoms with Gasteiger partial charge in [-0.15, -0.1) is 0 Å². The molecule has 94 valence electrons. The molecule has 0 amide bonds. The van der Waals surface area contributed by atoms with Gasteiger partial charge in [0.15, 0.2) is 0 Å². The maximum absolute atomic E-state index is 11.3. The summed E-state index contributed by atoms with van der Waals surface area (Å²) in [6.45, 7) is 4.37. The minimum Gasteiger partial charge on any atom is -0.473 e. The van der Waals surface area contributed by atoms with Crippen molar-refractivity contribution in [2.24, 2.45) is 0 Å². The average Bonchev–Trinajstić information content (AvgIpc) is 2.27. The van der Waals surface area contributed by atoms with Gasteiger partial charge in [0.2, 0.25) is 11.7 Å². The highest BCUT2D eigenvalue weighted by Gasteiger charge is 2.13. The Morgan fingerprint density at radius 2 is 2.24 bits per heavy atom. The molecule has 6 heteroatoms. The van der Waals surface area contributed by atoms with Gasteiger partial charge in [0.25, 0.3) is 0 Å². The minimum absolute atomic E-state index is 0.0131. The van der Waals surface area contributed by atoms with Crippen LogP contribution in [0.3, 0.4) is 0 Å². The molecule has 1 rings (SSSR count). The molecular weight excluding hydrogens is 222 g/mol. The molecule has 0 bridgehead atoms. The molecule has 1 heterocycles. The van der Waals surface area contributed by atoms with Gasteiger partial charge < -0.3 is 14.8 Å². The number of carbonyl (C=O) groups excluding carboxylic acids is 1. The number of esters is 1. The van der Waals surface area contributed by atoms with Gasteiger partial charge in [-0.3, -0.25) is 0 Å². The van der Waals surface area contributed by atoms with Crippen molar-refractivity contribution in [3.8, 4) is 5.88 Å². The Morgan fingerprint density at radius 1 is 1.53 bits per heavy atom. The first-order valence-corrected chi connectivity index (χ1v) is 5.32. The normalized spacial score (nSPS) is 12.0. The van der Waals surface area contributed by atoms with Crippen molar-refractivity contribution < 1.29 is 14.3 Å². The quantitative estimate of drug-likeness (QED) is 0.757. The number of hydrogen-bond acceptors (Lipinski definition) is 6. The highest BCUT2D eigenvalue weighted by molar-refractivity contribution is 5.85. The van der Waals surface area contributed by atoms with Gasteiger partial charge in [0.1, 0.15) is 6.10 Å². The van der Waals surface area contributed by atoms with Crippen LogP contribution in [0.5, 0.6) is 5.88 Å². The van der Waals surface area contributed by atoms with Crippen LogP contribution >= 0.6 is 0 Å². The monoisotopic (exact) mass is 239 g/mol. The lowest BCUT2D eigenvalue weighted by molar-refractivity contribution is 0.0584. The zero-order valence-corrected chi connectivity index (χ0v) is 10.5. The second kappa shape index (κ2) is 6.15. The summed E-state index contributed by atoms with van der Waals surface area (Å²) in [5.41, 5.74) is 0.659. The molecule has 0 fully saturated rings. The molecule has 0 spiro atoms. The molecule has 0 saturated heterocycles. The summed E-state index contributed by atoms with van der Waals surface area (Å²) in [6.07, 6.45) is -0.0419. The smallest absolute Gasteiger partial charge is 0.376 e. The standard InChI is InChI=1S/C11H17N3O3/c1-7-5-9(17-8(2)6-12-3)14-10(13-7)11(15)16-4/h5,8,12H,6H2,1-4H3. The Bertz CT molecular complexity index is 396. The lowest BCUT2D eigenvalue weighted by atomic mass is 10.4. The third kappa shape index (κ3) is 3.99. The number of aryl methyl sites for hydroxylation is 1. The zero-order chi connectivity index (χ0) is 12.8. The van der Waals surface area contributed by atoms with E-state index < -0.39 is 5.97 Å². The molecule has 1 aromatic heterocycles. The first-order chi connectivity index (χ1) is 8.06. The zero-order valence-electron chi connectivity index (χ0n) is 10.5. The van der Waals surface area contributed by atoms with Crippen LogP contribution in [0.4, 0.5) is 0 Å². The average molecular weight is 239 g/mol. The number of hydrogen-bond donors (Lipinski definition) is 1. The van der Waals surface area contributed by atoms with Gasteiger partial charge >= 0.3 is 5.97 Å². The molecule has 0 radical (unpaired) electrons. The van der Waals surface area contributed by atoms with E-state index in [1.165, 1.54) is 7.11 Å². The Labute approximate surface area is 100 Å². The van der Waals surface area contributed by atoms with Crippen LogP contribution in [-0.4, -0.2) is 42.7 Å². The highest BCUT2D eigenvalue weighted by atomic mass is 16.5. The SMILES string of the molecule is CNCC(C)Oc1cc(C)nc(C(=O)OC)n1. The number of carbonyl (C=O) groups is 1. The van der Waals surface area contributed by atoms with E-state index in [1.807, 2.05) is 14.0 Å². The fourth-order valence-electron chi connectivity index (χ4n) is 1.32. The molecule has 1 aromatic rings. The van der Waals surface area contributed by atoms with Crippen molar-refractivity contribution in [2.45, 2.75) is 20.0 Å². The van der Waals surface area contributed by atoms with Crippen molar-refractivity contribution in [3.05, 3.63) is 17.6 Å². The molecule has 0 aromatic carbocycles. The maximum Gasteiger partial charge on any atom is 0.376 e. The van der Waals surface area contributed by atoms with Crippen molar-refractivity contribution in [1.82, 2.24) is 15.3 Å². The summed E-state index contributed by atoms with van der Waals surface area (Å²) < 4.78 is 10.1. The van der Waals surface area contributed by atoms with Gasteiger partial charge in [-0.1, -0.05) is 0 Å². The van der Waals surface area contributed by atoms with Crippen molar-refractivity contribution in [1.29, 1.82) is 0 Å². The van der Waals surface area contributed by atoms with Crippen LogP contribution in [0.2, 0.25) is 0 Å². The van der Waals surface area contributed by atoms with Gasteiger partial charge in [-0.2, -0.15) is 4.98 Å². The topological polar surface area (TPSA) is 73.3 Å². The summed E-state index contributed by atoms with van der Waals surface area (Å²) in [5, 5.41) is 2.99. The lowest BCUT2D eigenvalue weighted by Crippen LogP contribution is -2.26. The predicted octanol–water partition coefficient (Wildman–Crippen LogP) is 0.558. The largest absolute Gasteiger partial charge is 0.473 e. The Morgan fingerprint density at radius 3 is 2.82 bits per heavy atom. The molecule has 0 saturated carbocycles. The first kappa shape index (κ1) is 13.4. The Kier molecular flexibility index (Phi) is 4.84. The van der Waals surface area contributed by atoms with Crippen LogP contribution in [-0.2, 0) is 4.74 Å². The molecule has 1 unspecified atom stereocenters. The number of methoxy groups -OCH3 is 1. The van der Waals surface area contributed by atoms with Crippen molar-refractivity contribution in [3.63, 3.8) is 0 Å². The summed E-state index contributed by atoms with van der Waals surface area (Å²) in [5.74, 6) is -0.181. The Hall–Kier alpha value is -1.69. The van der Waals surface area contributed by atoms with E-state index in [4.69, 9.17) is 4.74 Å². The maximum atomic E-state index is 11.3. The molecule has 1 N–H and O–H groups in total. The third-order valence-corrected chi connectivity index (χ3v) is 2.01. The summed E-state index contributed by atoms with van der Waals surface area (Å²) >= 11 is 0. The molecule has 17 heavy (non-hydrogen) atoms. The van der Waals surface area contributed by atoms with E-state index in [0.29, 0.717) is 18.1 Å². The molecule has 6 nitrogen and oxygen atoms in total. The van der Waals surface area contributed by atoms with E-state index in [0.717, 1.165) is 0 Å². The van der Waals surface area contributed by atoms with Crippen LogP contribution in [0.1, 0.15) is 23.2 Å². The van der Waals surface area contributed by atoms with Gasteiger partial charge in [0.05, 0.1) is 7.11 Å². The van der Waals surface area contributed by atoms with E-state index in [1.54, 1.807) is 13.0 Å². The van der Waals surface area contributed by atoms with E-state index in [9.17, 15) is 4.79 Å². The van der Waals surface area contributed by atoms with E-state index in [-0.39, 0.29) is 11.9 Å². The Balaban J connectivity index is 2.85. The first-order valence-electron chi connectivity index (χ1n) is 5.32. The highest BCUT2D eigenvalue weighted by Crippen LogP contribution is 2.11. The summed E-state index contributed by atoms with van der Waals surface area (Å²) in [4.78, 5) is 19.3. The van der Waals surface area contributed by atoms with E-state index in [2.05, 4.69) is 20.0 Å². The minimum atomic E-state index is -0.570. The van der Waals surface area contributed by atoms with Gasteiger partial charge in [-0.05, 0) is 20.9 Å². The number of likely N-dealkylation sites (N-methyl/N-ethyl adjacent to an activating group) is 1. The van der Waals surface area contributed by atoms with Crippen LogP contribution < -0.4 is 10.1 Å². The van der Waals surface area contributed by atoms with E-state index >= 15 is 0 Å². The van der Waals surface area contributed by atoms with Gasteiger partial charge in [0, 0.05) is 18.3 Å². The third-order valence-electron chi connectivity index (χ3n) is 2.01. The number of nitrogens with one attached hydrogen (secondary N) is 1. The summed E-state index contributed by atoms with van der Waals surface area (Å²) in [7, 11) is 3.13.